The molecule has 1 amide bonds. The molecule has 0 bridgehead atoms. The van der Waals surface area contributed by atoms with Gasteiger partial charge in [0.25, 0.3) is 5.91 Å². The predicted molar refractivity (Wildman–Crippen MR) is 70.4 cm³/mol. The van der Waals surface area contributed by atoms with E-state index in [1.807, 2.05) is 6.92 Å². The van der Waals surface area contributed by atoms with E-state index in [-0.39, 0.29) is 11.7 Å². The summed E-state index contributed by atoms with van der Waals surface area (Å²) in [5.74, 6) is -0.544. The molecule has 1 rings (SSSR count). The zero-order valence-electron chi connectivity index (χ0n) is 11.4. The fourth-order valence-corrected chi connectivity index (χ4v) is 1.59. The van der Waals surface area contributed by atoms with Gasteiger partial charge in [0.2, 0.25) is 0 Å². The first-order chi connectivity index (χ1) is 8.95. The highest BCUT2D eigenvalue weighted by atomic mass is 19.1. The van der Waals surface area contributed by atoms with E-state index in [0.717, 1.165) is 6.42 Å². The van der Waals surface area contributed by atoms with E-state index in [9.17, 15) is 14.3 Å². The molecule has 5 heteroatoms. The molecule has 106 valence electrons. The van der Waals surface area contributed by atoms with Crippen molar-refractivity contribution in [3.8, 4) is 5.75 Å². The van der Waals surface area contributed by atoms with Crippen molar-refractivity contribution in [1.82, 2.24) is 5.32 Å². The first kappa shape index (κ1) is 15.4. The maximum absolute atomic E-state index is 13.2. The number of aliphatic hydroxyl groups is 1. The van der Waals surface area contributed by atoms with Crippen molar-refractivity contribution in [3.05, 3.63) is 29.6 Å². The summed E-state index contributed by atoms with van der Waals surface area (Å²) in [5, 5.41) is 12.3. The van der Waals surface area contributed by atoms with Crippen molar-refractivity contribution < 1.29 is 19.0 Å². The van der Waals surface area contributed by atoms with Crippen LogP contribution in [0.4, 0.5) is 4.39 Å². The van der Waals surface area contributed by atoms with Gasteiger partial charge in [0.15, 0.2) is 6.10 Å². The highest BCUT2D eigenvalue weighted by Crippen LogP contribution is 2.26. The zero-order chi connectivity index (χ0) is 14.4. The van der Waals surface area contributed by atoms with Gasteiger partial charge in [-0.25, -0.2) is 4.39 Å². The van der Waals surface area contributed by atoms with E-state index in [1.54, 1.807) is 13.8 Å². The van der Waals surface area contributed by atoms with Crippen molar-refractivity contribution in [2.75, 3.05) is 6.54 Å². The van der Waals surface area contributed by atoms with Crippen molar-refractivity contribution in [2.24, 2.45) is 0 Å². The average molecular weight is 269 g/mol. The molecule has 0 radical (unpaired) electrons. The Hall–Kier alpha value is -1.62. The number of ether oxygens (including phenoxy) is 1. The summed E-state index contributed by atoms with van der Waals surface area (Å²) in [6.07, 6.45) is -0.704. The summed E-state index contributed by atoms with van der Waals surface area (Å²) < 4.78 is 18.6. The maximum Gasteiger partial charge on any atom is 0.260 e. The molecule has 4 nitrogen and oxygen atoms in total. The number of rotatable bonds is 6. The molecule has 19 heavy (non-hydrogen) atoms. The highest BCUT2D eigenvalue weighted by molar-refractivity contribution is 5.80. The number of benzene rings is 1. The molecule has 0 saturated heterocycles. The van der Waals surface area contributed by atoms with Crippen LogP contribution < -0.4 is 10.1 Å². The van der Waals surface area contributed by atoms with Crippen molar-refractivity contribution in [3.63, 3.8) is 0 Å². The Morgan fingerprint density at radius 2 is 2.16 bits per heavy atom. The van der Waals surface area contributed by atoms with Gasteiger partial charge < -0.3 is 15.2 Å². The van der Waals surface area contributed by atoms with Gasteiger partial charge in [-0.15, -0.1) is 0 Å². The lowest BCUT2D eigenvalue weighted by atomic mass is 10.1. The Balaban J connectivity index is 2.80. The van der Waals surface area contributed by atoms with Crippen LogP contribution in [0.3, 0.4) is 0 Å². The third-order valence-corrected chi connectivity index (χ3v) is 2.65. The third-order valence-electron chi connectivity index (χ3n) is 2.65. The SMILES string of the molecule is CCCNC(=O)C(C)Oc1cc(F)ccc1[C@H](C)O. The highest BCUT2D eigenvalue weighted by Gasteiger charge is 2.17. The summed E-state index contributed by atoms with van der Waals surface area (Å²) in [5.41, 5.74) is 0.455. The normalized spacial score (nSPS) is 13.7. The van der Waals surface area contributed by atoms with Gasteiger partial charge in [0.05, 0.1) is 6.10 Å². The van der Waals surface area contributed by atoms with Crippen molar-refractivity contribution >= 4 is 5.91 Å². The Bertz CT molecular complexity index is 435. The second-order valence-corrected chi connectivity index (χ2v) is 4.41. The second-order valence-electron chi connectivity index (χ2n) is 4.41. The van der Waals surface area contributed by atoms with Crippen LogP contribution in [-0.2, 0) is 4.79 Å². The van der Waals surface area contributed by atoms with Crippen LogP contribution in [0.2, 0.25) is 0 Å². The van der Waals surface area contributed by atoms with Gasteiger partial charge in [-0.2, -0.15) is 0 Å². The molecule has 0 aromatic heterocycles. The van der Waals surface area contributed by atoms with E-state index in [0.29, 0.717) is 12.1 Å². The lowest BCUT2D eigenvalue weighted by Crippen LogP contribution is -2.36. The number of hydrogen-bond acceptors (Lipinski definition) is 3. The number of carbonyl (C=O) groups is 1. The fourth-order valence-electron chi connectivity index (χ4n) is 1.59. The van der Waals surface area contributed by atoms with E-state index in [2.05, 4.69) is 5.32 Å². The number of halogens is 1. The standard InChI is InChI=1S/C14H20FNO3/c1-4-7-16-14(18)10(3)19-13-8-11(15)5-6-12(13)9(2)17/h5-6,8-10,17H,4,7H2,1-3H3,(H,16,18)/t9-,10?/m0/s1. The van der Waals surface area contributed by atoms with Crippen LogP contribution in [0.1, 0.15) is 38.9 Å². The second kappa shape index (κ2) is 7.09. The molecule has 1 aromatic rings. The van der Waals surface area contributed by atoms with Gasteiger partial charge >= 0.3 is 0 Å². The van der Waals surface area contributed by atoms with Crippen LogP contribution in [-0.4, -0.2) is 23.7 Å². The summed E-state index contributed by atoms with van der Waals surface area (Å²) >= 11 is 0. The predicted octanol–water partition coefficient (Wildman–Crippen LogP) is 2.17. The van der Waals surface area contributed by atoms with E-state index < -0.39 is 18.0 Å². The monoisotopic (exact) mass is 269 g/mol. The molecular formula is C14H20FNO3. The minimum Gasteiger partial charge on any atom is -0.480 e. The van der Waals surface area contributed by atoms with Gasteiger partial charge in [-0.3, -0.25) is 4.79 Å². The number of aliphatic hydroxyl groups excluding tert-OH is 1. The number of carbonyl (C=O) groups excluding carboxylic acids is 1. The summed E-state index contributed by atoms with van der Waals surface area (Å²) in [6, 6.07) is 3.87. The average Bonchev–Trinajstić information content (AvgIpc) is 2.35. The summed E-state index contributed by atoms with van der Waals surface area (Å²) in [4.78, 5) is 11.7. The molecule has 0 spiro atoms. The van der Waals surface area contributed by atoms with E-state index in [1.165, 1.54) is 18.2 Å². The molecule has 0 aliphatic heterocycles. The van der Waals surface area contributed by atoms with Gasteiger partial charge in [-0.1, -0.05) is 6.92 Å². The topological polar surface area (TPSA) is 58.6 Å². The van der Waals surface area contributed by atoms with Crippen LogP contribution in [0.5, 0.6) is 5.75 Å². The van der Waals surface area contributed by atoms with Crippen LogP contribution >= 0.6 is 0 Å². The minimum atomic E-state index is -0.790. The van der Waals surface area contributed by atoms with Gasteiger partial charge in [0, 0.05) is 18.2 Å². The Kier molecular flexibility index (Phi) is 5.76. The van der Waals surface area contributed by atoms with E-state index in [4.69, 9.17) is 4.74 Å². The maximum atomic E-state index is 13.2. The molecule has 2 atom stereocenters. The lowest BCUT2D eigenvalue weighted by molar-refractivity contribution is -0.127. The van der Waals surface area contributed by atoms with Crippen LogP contribution in [0, 0.1) is 5.82 Å². The Morgan fingerprint density at radius 3 is 2.74 bits per heavy atom. The third kappa shape index (κ3) is 4.52. The molecule has 2 N–H and O–H groups in total. The number of nitrogens with one attached hydrogen (secondary N) is 1. The molecule has 0 aliphatic rings. The molecule has 0 aliphatic carbocycles. The number of hydrogen-bond donors (Lipinski definition) is 2. The van der Waals surface area contributed by atoms with E-state index >= 15 is 0 Å². The first-order valence-corrected chi connectivity index (χ1v) is 6.37. The fraction of sp³-hybridized carbons (Fsp3) is 0.500. The van der Waals surface area contributed by atoms with Gasteiger partial charge in [-0.05, 0) is 32.4 Å². The zero-order valence-corrected chi connectivity index (χ0v) is 11.4. The largest absolute Gasteiger partial charge is 0.480 e. The van der Waals surface area contributed by atoms with Crippen LogP contribution in [0.15, 0.2) is 18.2 Å². The Labute approximate surface area is 112 Å². The molecular weight excluding hydrogens is 249 g/mol. The van der Waals surface area contributed by atoms with Crippen molar-refractivity contribution in [1.29, 1.82) is 0 Å². The molecule has 0 saturated carbocycles. The first-order valence-electron chi connectivity index (χ1n) is 6.37. The summed E-state index contributed by atoms with van der Waals surface area (Å²) in [7, 11) is 0. The molecule has 0 fully saturated rings. The van der Waals surface area contributed by atoms with Crippen molar-refractivity contribution in [2.45, 2.75) is 39.4 Å². The minimum absolute atomic E-state index is 0.189. The molecule has 1 unspecified atom stereocenters. The van der Waals surface area contributed by atoms with Gasteiger partial charge in [0.1, 0.15) is 11.6 Å². The Morgan fingerprint density at radius 1 is 1.47 bits per heavy atom. The molecule has 1 aromatic carbocycles. The molecule has 0 heterocycles. The quantitative estimate of drug-likeness (QED) is 0.832. The van der Waals surface area contributed by atoms with Crippen LogP contribution in [0.25, 0.3) is 0 Å². The number of amides is 1. The lowest BCUT2D eigenvalue weighted by Gasteiger charge is -2.18. The summed E-state index contributed by atoms with van der Waals surface area (Å²) in [6.45, 7) is 5.66. The smallest absolute Gasteiger partial charge is 0.260 e.